The van der Waals surface area contributed by atoms with Crippen LogP contribution in [0.3, 0.4) is 0 Å². The summed E-state index contributed by atoms with van der Waals surface area (Å²) >= 11 is 0. The molecule has 6 N–H and O–H groups in total. The van der Waals surface area contributed by atoms with Crippen LogP contribution in [0, 0.1) is 11.8 Å². The molecule has 0 spiro atoms. The Kier molecular flexibility index (Phi) is 5.89. The van der Waals surface area contributed by atoms with Crippen molar-refractivity contribution in [3.05, 3.63) is 17.7 Å². The highest BCUT2D eigenvalue weighted by Gasteiger charge is 2.44. The average molecular weight is 356 g/mol. The van der Waals surface area contributed by atoms with Gasteiger partial charge in [0, 0.05) is 30.6 Å². The molecule has 5 atom stereocenters. The third kappa shape index (κ3) is 3.87. The lowest BCUT2D eigenvalue weighted by Gasteiger charge is -2.39. The maximum absolute atomic E-state index is 12.3. The number of hydrogen-bond acceptors (Lipinski definition) is 8. The Morgan fingerprint density at radius 3 is 2.36 bits per heavy atom. The van der Waals surface area contributed by atoms with E-state index in [1.807, 2.05) is 0 Å². The van der Waals surface area contributed by atoms with Gasteiger partial charge in [-0.1, -0.05) is 13.8 Å². The first-order valence-electron chi connectivity index (χ1n) is 8.09. The second kappa shape index (κ2) is 7.57. The van der Waals surface area contributed by atoms with Crippen LogP contribution in [0.1, 0.15) is 30.6 Å². The molecular weight excluding hydrogens is 332 g/mol. The van der Waals surface area contributed by atoms with Crippen molar-refractivity contribution in [3.63, 3.8) is 0 Å². The van der Waals surface area contributed by atoms with Crippen molar-refractivity contribution < 1.29 is 40.2 Å². The number of aliphatic hydroxyl groups is 4. The van der Waals surface area contributed by atoms with E-state index in [0.717, 1.165) is 12.1 Å². The topological polar surface area (TPSA) is 148 Å². The molecule has 8 heteroatoms. The molecule has 0 heterocycles. The molecular formula is C17H24O8. The second-order valence-electron chi connectivity index (χ2n) is 6.66. The van der Waals surface area contributed by atoms with Crippen molar-refractivity contribution in [2.45, 2.75) is 44.7 Å². The first-order chi connectivity index (χ1) is 11.7. The van der Waals surface area contributed by atoms with Crippen LogP contribution in [-0.2, 0) is 0 Å². The van der Waals surface area contributed by atoms with E-state index < -0.39 is 54.4 Å². The molecule has 1 aromatic rings. The van der Waals surface area contributed by atoms with Crippen molar-refractivity contribution >= 4 is 5.78 Å². The van der Waals surface area contributed by atoms with Crippen LogP contribution < -0.4 is 4.74 Å². The molecule has 8 nitrogen and oxygen atoms in total. The lowest BCUT2D eigenvalue weighted by Crippen LogP contribution is -2.56. The second-order valence-corrected chi connectivity index (χ2v) is 6.66. The van der Waals surface area contributed by atoms with Gasteiger partial charge >= 0.3 is 0 Å². The number of ether oxygens (including phenoxy) is 1. The van der Waals surface area contributed by atoms with Gasteiger partial charge in [0.2, 0.25) is 0 Å². The van der Waals surface area contributed by atoms with Gasteiger partial charge in [-0.05, 0) is 6.42 Å². The molecule has 0 aromatic heterocycles. The number of hydrogen-bond donors (Lipinski definition) is 6. The third-order valence-corrected chi connectivity index (χ3v) is 4.45. The maximum atomic E-state index is 12.3. The number of carbonyl (C=O) groups is 1. The van der Waals surface area contributed by atoms with Gasteiger partial charge in [0.15, 0.2) is 5.78 Å². The van der Waals surface area contributed by atoms with E-state index >= 15 is 0 Å². The minimum Gasteiger partial charge on any atom is -0.508 e. The van der Waals surface area contributed by atoms with Gasteiger partial charge in [-0.3, -0.25) is 4.79 Å². The first kappa shape index (κ1) is 19.5. The molecule has 2 rings (SSSR count). The van der Waals surface area contributed by atoms with E-state index in [1.165, 1.54) is 0 Å². The number of phenols is 2. The minimum absolute atomic E-state index is 0.0155. The molecule has 0 radical (unpaired) electrons. The van der Waals surface area contributed by atoms with E-state index in [9.17, 15) is 35.4 Å². The van der Waals surface area contributed by atoms with Crippen LogP contribution in [0.4, 0.5) is 0 Å². The zero-order valence-electron chi connectivity index (χ0n) is 14.0. The summed E-state index contributed by atoms with van der Waals surface area (Å²) in [5.41, 5.74) is -0.138. The maximum Gasteiger partial charge on any atom is 0.172 e. The molecule has 140 valence electrons. The smallest absolute Gasteiger partial charge is 0.172 e. The minimum atomic E-state index is -1.54. The van der Waals surface area contributed by atoms with E-state index in [4.69, 9.17) is 4.74 Å². The van der Waals surface area contributed by atoms with Crippen LogP contribution in [0.5, 0.6) is 17.2 Å². The predicted octanol–water partition coefficient (Wildman–Crippen LogP) is -0.221. The monoisotopic (exact) mass is 356 g/mol. The Morgan fingerprint density at radius 2 is 1.80 bits per heavy atom. The molecule has 1 aliphatic rings. The summed E-state index contributed by atoms with van der Waals surface area (Å²) in [6, 6.07) is 2.14. The molecule has 1 saturated carbocycles. The molecule has 1 fully saturated rings. The summed E-state index contributed by atoms with van der Waals surface area (Å²) < 4.78 is 5.61. The van der Waals surface area contributed by atoms with E-state index in [0.29, 0.717) is 0 Å². The Balaban J connectivity index is 2.37. The van der Waals surface area contributed by atoms with Crippen LogP contribution in [0.2, 0.25) is 0 Å². The summed E-state index contributed by atoms with van der Waals surface area (Å²) in [4.78, 5) is 12.3. The van der Waals surface area contributed by atoms with Crippen LogP contribution >= 0.6 is 0 Å². The Morgan fingerprint density at radius 1 is 1.16 bits per heavy atom. The summed E-state index contributed by atoms with van der Waals surface area (Å²) in [6.07, 6.45) is -5.35. The first-order valence-corrected chi connectivity index (χ1v) is 8.09. The summed E-state index contributed by atoms with van der Waals surface area (Å²) in [6.45, 7) is 2.85. The molecule has 0 unspecified atom stereocenters. The van der Waals surface area contributed by atoms with Crippen LogP contribution in [0.25, 0.3) is 0 Å². The highest BCUT2D eigenvalue weighted by Crippen LogP contribution is 2.37. The normalized spacial score (nSPS) is 29.6. The lowest BCUT2D eigenvalue weighted by atomic mass is 9.81. The summed E-state index contributed by atoms with van der Waals surface area (Å²) in [5.74, 6) is -2.53. The lowest BCUT2D eigenvalue weighted by molar-refractivity contribution is -0.157. The molecule has 1 aromatic carbocycles. The highest BCUT2D eigenvalue weighted by molar-refractivity contribution is 6.02. The molecule has 0 aliphatic heterocycles. The van der Waals surface area contributed by atoms with E-state index in [2.05, 4.69) is 0 Å². The molecule has 0 saturated heterocycles. The molecule has 25 heavy (non-hydrogen) atoms. The largest absolute Gasteiger partial charge is 0.508 e. The van der Waals surface area contributed by atoms with Gasteiger partial charge < -0.3 is 35.4 Å². The fourth-order valence-corrected chi connectivity index (χ4v) is 2.96. The number of Topliss-reactive ketones (excluding diaryl/α,β-unsaturated/α-hetero) is 1. The summed E-state index contributed by atoms with van der Waals surface area (Å²) in [7, 11) is 0. The molecule has 0 bridgehead atoms. The number of ketones is 1. The zero-order chi connectivity index (χ0) is 18.9. The number of carbonyl (C=O) groups excluding carboxylic acids is 1. The Labute approximate surface area is 144 Å². The van der Waals surface area contributed by atoms with Crippen molar-refractivity contribution in [3.8, 4) is 17.2 Å². The van der Waals surface area contributed by atoms with Crippen molar-refractivity contribution in [2.75, 3.05) is 6.61 Å². The van der Waals surface area contributed by atoms with Crippen LogP contribution in [-0.4, -0.2) is 67.4 Å². The van der Waals surface area contributed by atoms with Crippen molar-refractivity contribution in [2.24, 2.45) is 11.8 Å². The zero-order valence-corrected chi connectivity index (χ0v) is 14.0. The van der Waals surface area contributed by atoms with Crippen molar-refractivity contribution in [1.29, 1.82) is 0 Å². The number of rotatable bonds is 5. The van der Waals surface area contributed by atoms with Gasteiger partial charge in [-0.25, -0.2) is 0 Å². The fourth-order valence-electron chi connectivity index (χ4n) is 2.96. The van der Waals surface area contributed by atoms with E-state index in [-0.39, 0.29) is 23.5 Å². The number of phenolic OH excluding ortho intramolecular Hbond substituents is 2. The summed E-state index contributed by atoms with van der Waals surface area (Å²) in [5, 5.41) is 58.9. The van der Waals surface area contributed by atoms with Gasteiger partial charge in [-0.2, -0.15) is 0 Å². The predicted molar refractivity (Wildman–Crippen MR) is 86.6 cm³/mol. The highest BCUT2D eigenvalue weighted by atomic mass is 16.5. The number of aliphatic hydroxyl groups excluding tert-OH is 4. The third-order valence-electron chi connectivity index (χ3n) is 4.45. The van der Waals surface area contributed by atoms with E-state index in [1.54, 1.807) is 13.8 Å². The average Bonchev–Trinajstić information content (AvgIpc) is 2.54. The SMILES string of the molecule is CC(C)C(=O)c1c(O)cc(O)cc1O[C@@H]1C[C@H](CO)[C@@H](O)[C@H](O)[C@H]1O. The standard InChI is InChI=1S/C17H24O8/c1-7(2)14(21)13-10(20)4-9(19)5-11(13)25-12-3-8(6-18)15(22)17(24)16(12)23/h4-5,7-8,12,15-20,22-24H,3,6H2,1-2H3/t8-,12-,15-,16+,17+/m1/s1. The molecule has 1 aliphatic carbocycles. The number of aromatic hydroxyl groups is 2. The molecule has 0 amide bonds. The Hall–Kier alpha value is -1.87. The van der Waals surface area contributed by atoms with Gasteiger partial charge in [-0.15, -0.1) is 0 Å². The van der Waals surface area contributed by atoms with Gasteiger partial charge in [0.1, 0.15) is 41.1 Å². The van der Waals surface area contributed by atoms with Gasteiger partial charge in [0.05, 0.1) is 6.10 Å². The van der Waals surface area contributed by atoms with Crippen LogP contribution in [0.15, 0.2) is 12.1 Å². The fraction of sp³-hybridized carbons (Fsp3) is 0.588. The number of benzene rings is 1. The van der Waals surface area contributed by atoms with Crippen molar-refractivity contribution in [1.82, 2.24) is 0 Å². The van der Waals surface area contributed by atoms with Gasteiger partial charge in [0.25, 0.3) is 0 Å². The Bertz CT molecular complexity index is 627. The quantitative estimate of drug-likeness (QED) is 0.397.